The maximum absolute atomic E-state index is 13.3. The van der Waals surface area contributed by atoms with Crippen LogP contribution in [0.4, 0.5) is 5.69 Å². The zero-order valence-electron chi connectivity index (χ0n) is 17.1. The number of carbonyl (C=O) groups is 3. The monoisotopic (exact) mass is 407 g/mol. The van der Waals surface area contributed by atoms with Gasteiger partial charge in [-0.25, -0.2) is 9.59 Å². The molecule has 30 heavy (non-hydrogen) atoms. The number of hydrogen-bond donors (Lipinski definition) is 0. The lowest BCUT2D eigenvalue weighted by atomic mass is 10.0. The number of nitrogens with zero attached hydrogens (tertiary/aromatic N) is 1. The molecule has 7 heteroatoms. The highest BCUT2D eigenvalue weighted by Crippen LogP contribution is 2.36. The Labute approximate surface area is 174 Å². The lowest BCUT2D eigenvalue weighted by molar-refractivity contribution is -0.136. The number of esters is 2. The summed E-state index contributed by atoms with van der Waals surface area (Å²) in [4.78, 5) is 38.8. The van der Waals surface area contributed by atoms with Crippen molar-refractivity contribution in [1.82, 2.24) is 0 Å². The van der Waals surface area contributed by atoms with Gasteiger partial charge in [-0.1, -0.05) is 18.2 Å². The van der Waals surface area contributed by atoms with Crippen LogP contribution in [0.25, 0.3) is 6.08 Å². The molecule has 3 rings (SSSR count). The highest BCUT2D eigenvalue weighted by Gasteiger charge is 2.38. The van der Waals surface area contributed by atoms with Crippen molar-refractivity contribution in [3.05, 3.63) is 76.5 Å². The van der Waals surface area contributed by atoms with E-state index in [0.717, 1.165) is 0 Å². The number of rotatable bonds is 5. The lowest BCUT2D eigenvalue weighted by Crippen LogP contribution is -2.24. The molecular formula is C23H21NO6. The van der Waals surface area contributed by atoms with Gasteiger partial charge in [0.15, 0.2) is 0 Å². The number of allylic oxidation sites excluding steroid dienone is 1. The molecule has 0 fully saturated rings. The number of methoxy groups -OCH3 is 3. The van der Waals surface area contributed by atoms with Gasteiger partial charge in [0.2, 0.25) is 0 Å². The van der Waals surface area contributed by atoms with Crippen molar-refractivity contribution in [2.75, 3.05) is 26.2 Å². The molecule has 2 aromatic rings. The molecular weight excluding hydrogens is 386 g/mol. The zero-order chi connectivity index (χ0) is 21.8. The van der Waals surface area contributed by atoms with Gasteiger partial charge in [-0.3, -0.25) is 9.69 Å². The SMILES string of the molecule is COC(=O)C1=C(C)N(c2cccc(OC)c2)C(=O)/C1=C\c1ccc(C(=O)OC)cc1. The van der Waals surface area contributed by atoms with Gasteiger partial charge in [-0.05, 0) is 42.8 Å². The molecule has 0 spiro atoms. The van der Waals surface area contributed by atoms with Crippen LogP contribution in [-0.4, -0.2) is 39.2 Å². The van der Waals surface area contributed by atoms with Crippen LogP contribution in [0.2, 0.25) is 0 Å². The molecule has 0 atom stereocenters. The predicted molar refractivity (Wildman–Crippen MR) is 111 cm³/mol. The quantitative estimate of drug-likeness (QED) is 0.558. The van der Waals surface area contributed by atoms with Crippen molar-refractivity contribution in [2.45, 2.75) is 6.92 Å². The Hall–Kier alpha value is -3.87. The molecule has 0 bridgehead atoms. The van der Waals surface area contributed by atoms with Crippen LogP contribution >= 0.6 is 0 Å². The summed E-state index contributed by atoms with van der Waals surface area (Å²) in [5.74, 6) is -0.841. The van der Waals surface area contributed by atoms with Gasteiger partial charge in [-0.2, -0.15) is 0 Å². The first-order valence-electron chi connectivity index (χ1n) is 9.09. The van der Waals surface area contributed by atoms with Crippen LogP contribution in [0.15, 0.2) is 65.4 Å². The van der Waals surface area contributed by atoms with Gasteiger partial charge >= 0.3 is 11.9 Å². The van der Waals surface area contributed by atoms with Crippen molar-refractivity contribution in [1.29, 1.82) is 0 Å². The fourth-order valence-corrected chi connectivity index (χ4v) is 3.24. The zero-order valence-corrected chi connectivity index (χ0v) is 17.1. The van der Waals surface area contributed by atoms with Crippen LogP contribution in [0.1, 0.15) is 22.8 Å². The second-order valence-corrected chi connectivity index (χ2v) is 6.47. The number of carbonyl (C=O) groups excluding carboxylic acids is 3. The van der Waals surface area contributed by atoms with Crippen molar-refractivity contribution >= 4 is 29.6 Å². The summed E-state index contributed by atoms with van der Waals surface area (Å²) in [5, 5.41) is 0. The topological polar surface area (TPSA) is 82.1 Å². The van der Waals surface area contributed by atoms with Crippen LogP contribution in [0.3, 0.4) is 0 Å². The van der Waals surface area contributed by atoms with Gasteiger partial charge in [0.25, 0.3) is 5.91 Å². The Balaban J connectivity index is 2.07. The highest BCUT2D eigenvalue weighted by atomic mass is 16.5. The van der Waals surface area contributed by atoms with Crippen molar-refractivity contribution in [3.63, 3.8) is 0 Å². The van der Waals surface area contributed by atoms with Gasteiger partial charge in [0.1, 0.15) is 5.75 Å². The maximum Gasteiger partial charge on any atom is 0.340 e. The summed E-state index contributed by atoms with van der Waals surface area (Å²) < 4.78 is 14.8. The second-order valence-electron chi connectivity index (χ2n) is 6.47. The minimum Gasteiger partial charge on any atom is -0.497 e. The molecule has 0 aliphatic carbocycles. The van der Waals surface area contributed by atoms with E-state index in [1.54, 1.807) is 61.5 Å². The minimum absolute atomic E-state index is 0.183. The Morgan fingerprint density at radius 2 is 1.60 bits per heavy atom. The second kappa shape index (κ2) is 8.65. The Morgan fingerprint density at radius 3 is 2.20 bits per heavy atom. The number of anilines is 1. The molecule has 1 aliphatic rings. The first kappa shape index (κ1) is 20.9. The van der Waals surface area contributed by atoms with E-state index < -0.39 is 11.9 Å². The summed E-state index contributed by atoms with van der Waals surface area (Å²) in [7, 11) is 4.11. The lowest BCUT2D eigenvalue weighted by Gasteiger charge is -2.18. The molecule has 0 aromatic heterocycles. The number of amides is 1. The van der Waals surface area contributed by atoms with E-state index in [0.29, 0.717) is 28.3 Å². The third-order valence-corrected chi connectivity index (χ3v) is 4.74. The normalized spacial score (nSPS) is 14.9. The summed E-state index contributed by atoms with van der Waals surface area (Å²) in [5.41, 5.74) is 2.44. The molecule has 2 aromatic carbocycles. The number of hydrogen-bond acceptors (Lipinski definition) is 6. The first-order valence-corrected chi connectivity index (χ1v) is 9.09. The first-order chi connectivity index (χ1) is 14.4. The van der Waals surface area contributed by atoms with Gasteiger partial charge in [0.05, 0.1) is 43.7 Å². The van der Waals surface area contributed by atoms with E-state index in [2.05, 4.69) is 0 Å². The third-order valence-electron chi connectivity index (χ3n) is 4.74. The van der Waals surface area contributed by atoms with E-state index in [1.807, 2.05) is 0 Å². The molecule has 0 N–H and O–H groups in total. The highest BCUT2D eigenvalue weighted by molar-refractivity contribution is 6.23. The third kappa shape index (κ3) is 3.82. The van der Waals surface area contributed by atoms with Crippen LogP contribution in [0, 0.1) is 0 Å². The number of benzene rings is 2. The van der Waals surface area contributed by atoms with E-state index in [4.69, 9.17) is 14.2 Å². The smallest absolute Gasteiger partial charge is 0.340 e. The molecule has 1 heterocycles. The van der Waals surface area contributed by atoms with Gasteiger partial charge < -0.3 is 14.2 Å². The molecule has 7 nitrogen and oxygen atoms in total. The fraction of sp³-hybridized carbons (Fsp3) is 0.174. The summed E-state index contributed by atoms with van der Waals surface area (Å²) >= 11 is 0. The van der Waals surface area contributed by atoms with Crippen LogP contribution < -0.4 is 9.64 Å². The molecule has 0 unspecified atom stereocenters. The van der Waals surface area contributed by atoms with Crippen LogP contribution in [0.5, 0.6) is 5.75 Å². The standard InChI is InChI=1S/C23H21NO6/c1-14-20(23(27)30-4)19(12-15-8-10-16(11-9-15)22(26)29-3)21(25)24(14)17-6-5-7-18(13-17)28-2/h5-13H,1-4H3/b19-12-. The fourth-order valence-electron chi connectivity index (χ4n) is 3.24. The molecule has 1 amide bonds. The predicted octanol–water partition coefficient (Wildman–Crippen LogP) is 3.36. The Kier molecular flexibility index (Phi) is 6.01. The molecule has 154 valence electrons. The minimum atomic E-state index is -0.608. The van der Waals surface area contributed by atoms with E-state index in [1.165, 1.54) is 26.2 Å². The summed E-state index contributed by atoms with van der Waals surface area (Å²) in [6, 6.07) is 13.5. The Morgan fingerprint density at radius 1 is 0.933 bits per heavy atom. The number of ether oxygens (including phenoxy) is 3. The summed E-state index contributed by atoms with van der Waals surface area (Å²) in [6.07, 6.45) is 1.60. The average molecular weight is 407 g/mol. The van der Waals surface area contributed by atoms with E-state index in [9.17, 15) is 14.4 Å². The Bertz CT molecular complexity index is 1070. The average Bonchev–Trinajstić information content (AvgIpc) is 3.02. The van der Waals surface area contributed by atoms with Gasteiger partial charge in [0, 0.05) is 11.8 Å². The molecule has 0 saturated heterocycles. The van der Waals surface area contributed by atoms with E-state index >= 15 is 0 Å². The largest absolute Gasteiger partial charge is 0.497 e. The molecule has 0 radical (unpaired) electrons. The maximum atomic E-state index is 13.3. The van der Waals surface area contributed by atoms with E-state index in [-0.39, 0.29) is 17.1 Å². The summed E-state index contributed by atoms with van der Waals surface area (Å²) in [6.45, 7) is 1.69. The van der Waals surface area contributed by atoms with Crippen molar-refractivity contribution in [2.24, 2.45) is 0 Å². The molecule has 1 aliphatic heterocycles. The molecule has 0 saturated carbocycles. The van der Waals surface area contributed by atoms with Gasteiger partial charge in [-0.15, -0.1) is 0 Å². The van der Waals surface area contributed by atoms with Crippen molar-refractivity contribution < 1.29 is 28.6 Å². The van der Waals surface area contributed by atoms with Crippen LogP contribution in [-0.2, 0) is 19.1 Å². The van der Waals surface area contributed by atoms with Crippen molar-refractivity contribution in [3.8, 4) is 5.75 Å².